The molecule has 1 radical (unpaired) electrons. The van der Waals surface area contributed by atoms with Crippen LogP contribution in [0.15, 0.2) is 30.3 Å². The summed E-state index contributed by atoms with van der Waals surface area (Å²) in [6, 6.07) is 11.6. The van der Waals surface area contributed by atoms with Crippen LogP contribution in [-0.2, 0) is 0 Å². The van der Waals surface area contributed by atoms with Crippen LogP contribution < -0.4 is 0 Å². The van der Waals surface area contributed by atoms with Gasteiger partial charge in [0.05, 0.1) is 0 Å². The maximum atomic E-state index is 3.30. The van der Waals surface area contributed by atoms with Crippen molar-refractivity contribution in [3.63, 3.8) is 0 Å². The zero-order valence-corrected chi connectivity index (χ0v) is 9.01. The molecule has 73 valence electrons. The topological polar surface area (TPSA) is 0 Å². The molecular weight excluding hydrogens is 168 g/mol. The van der Waals surface area contributed by atoms with Crippen LogP contribution in [0.5, 0.6) is 0 Å². The van der Waals surface area contributed by atoms with Gasteiger partial charge in [0.2, 0.25) is 0 Å². The highest BCUT2D eigenvalue weighted by molar-refractivity contribution is 5.65. The van der Waals surface area contributed by atoms with Crippen LogP contribution in [0, 0.1) is 11.5 Å². The smallest absolute Gasteiger partial charge is 0.0103 e. The molecule has 2 rings (SSSR count). The van der Waals surface area contributed by atoms with Crippen molar-refractivity contribution in [1.82, 2.24) is 0 Å². The van der Waals surface area contributed by atoms with E-state index >= 15 is 0 Å². The Morgan fingerprint density at radius 1 is 1.29 bits per heavy atom. The Morgan fingerprint density at radius 2 is 2.14 bits per heavy atom. The van der Waals surface area contributed by atoms with Gasteiger partial charge in [0.15, 0.2) is 0 Å². The predicted octanol–water partition coefficient (Wildman–Crippen LogP) is 4.08. The van der Waals surface area contributed by atoms with Crippen molar-refractivity contribution in [1.29, 1.82) is 0 Å². The Balaban J connectivity index is 2.19. The number of rotatable bonds is 1. The van der Waals surface area contributed by atoms with Gasteiger partial charge in [0, 0.05) is 0 Å². The van der Waals surface area contributed by atoms with Crippen LogP contribution in [0.25, 0.3) is 5.57 Å². The second-order valence-electron chi connectivity index (χ2n) is 4.87. The normalized spacial score (nSPS) is 20.3. The first kappa shape index (κ1) is 9.51. The predicted molar refractivity (Wildman–Crippen MR) is 60.9 cm³/mol. The fourth-order valence-corrected chi connectivity index (χ4v) is 1.91. The standard InChI is InChI=1S/C14H17/c1-14(2)10-8-13(9-11-14)12-6-4-3-5-7-12/h3-6,8H,9-11H2,1-2H3. The number of hydrogen-bond donors (Lipinski definition) is 0. The largest absolute Gasteiger partial charge is 0.0802 e. The Bertz CT molecular complexity index is 330. The molecule has 0 N–H and O–H groups in total. The molecule has 0 heteroatoms. The summed E-state index contributed by atoms with van der Waals surface area (Å²) in [4.78, 5) is 0. The lowest BCUT2D eigenvalue weighted by Crippen LogP contribution is -2.13. The van der Waals surface area contributed by atoms with Gasteiger partial charge in [-0.05, 0) is 41.9 Å². The molecular formula is C14H17. The van der Waals surface area contributed by atoms with Crippen molar-refractivity contribution in [2.45, 2.75) is 33.1 Å². The van der Waals surface area contributed by atoms with E-state index in [1.165, 1.54) is 30.4 Å². The highest BCUT2D eigenvalue weighted by Crippen LogP contribution is 2.37. The first-order valence-corrected chi connectivity index (χ1v) is 5.33. The van der Waals surface area contributed by atoms with E-state index in [9.17, 15) is 0 Å². The van der Waals surface area contributed by atoms with Gasteiger partial charge >= 0.3 is 0 Å². The second-order valence-corrected chi connectivity index (χ2v) is 4.87. The maximum absolute atomic E-state index is 3.30. The summed E-state index contributed by atoms with van der Waals surface area (Å²) in [5.41, 5.74) is 3.26. The minimum absolute atomic E-state index is 0.498. The van der Waals surface area contributed by atoms with E-state index in [2.05, 4.69) is 38.1 Å². The third-order valence-corrected chi connectivity index (χ3v) is 3.03. The number of benzene rings is 1. The Hall–Kier alpha value is -1.04. The summed E-state index contributed by atoms with van der Waals surface area (Å²) in [5.74, 6) is 0. The van der Waals surface area contributed by atoms with E-state index in [1.807, 2.05) is 12.1 Å². The van der Waals surface area contributed by atoms with Crippen LogP contribution in [-0.4, -0.2) is 0 Å². The summed E-state index contributed by atoms with van der Waals surface area (Å²) < 4.78 is 0. The quantitative estimate of drug-likeness (QED) is 0.618. The number of hydrogen-bond acceptors (Lipinski definition) is 0. The van der Waals surface area contributed by atoms with Gasteiger partial charge in [-0.1, -0.05) is 44.2 Å². The molecule has 1 aromatic carbocycles. The van der Waals surface area contributed by atoms with E-state index in [-0.39, 0.29) is 0 Å². The summed E-state index contributed by atoms with van der Waals surface area (Å²) in [7, 11) is 0. The zero-order valence-electron chi connectivity index (χ0n) is 9.01. The van der Waals surface area contributed by atoms with Gasteiger partial charge in [-0.15, -0.1) is 0 Å². The summed E-state index contributed by atoms with van der Waals surface area (Å²) in [6.07, 6.45) is 6.08. The van der Waals surface area contributed by atoms with E-state index in [0.717, 1.165) is 0 Å². The lowest BCUT2D eigenvalue weighted by molar-refractivity contribution is 0.335. The van der Waals surface area contributed by atoms with Crippen LogP contribution in [0.1, 0.15) is 38.7 Å². The molecule has 0 atom stereocenters. The average Bonchev–Trinajstić information content (AvgIpc) is 2.19. The molecule has 0 saturated heterocycles. The third-order valence-electron chi connectivity index (χ3n) is 3.03. The van der Waals surface area contributed by atoms with Crippen LogP contribution in [0.3, 0.4) is 0 Å². The Kier molecular flexibility index (Phi) is 2.45. The zero-order chi connectivity index (χ0) is 10.0. The molecule has 0 amide bonds. The Morgan fingerprint density at radius 3 is 2.71 bits per heavy atom. The second kappa shape index (κ2) is 3.61. The molecule has 0 aliphatic heterocycles. The third kappa shape index (κ3) is 2.06. The molecule has 0 bridgehead atoms. The maximum Gasteiger partial charge on any atom is -0.0103 e. The van der Waals surface area contributed by atoms with E-state index < -0.39 is 0 Å². The highest BCUT2D eigenvalue weighted by Gasteiger charge is 2.21. The average molecular weight is 185 g/mol. The highest BCUT2D eigenvalue weighted by atomic mass is 14.3. The molecule has 14 heavy (non-hydrogen) atoms. The van der Waals surface area contributed by atoms with Gasteiger partial charge in [0.25, 0.3) is 0 Å². The van der Waals surface area contributed by atoms with Gasteiger partial charge < -0.3 is 0 Å². The van der Waals surface area contributed by atoms with E-state index in [1.54, 1.807) is 0 Å². The first-order valence-electron chi connectivity index (χ1n) is 5.33. The minimum atomic E-state index is 0.498. The molecule has 1 aliphatic rings. The minimum Gasteiger partial charge on any atom is -0.0802 e. The van der Waals surface area contributed by atoms with E-state index in [0.29, 0.717) is 5.41 Å². The number of allylic oxidation sites excluding steroid dienone is 2. The molecule has 0 nitrogen and oxygen atoms in total. The summed E-state index contributed by atoms with van der Waals surface area (Å²) in [6.45, 7) is 4.68. The molecule has 0 heterocycles. The molecule has 1 aliphatic carbocycles. The molecule has 0 spiro atoms. The van der Waals surface area contributed by atoms with Crippen molar-refractivity contribution in [2.24, 2.45) is 5.41 Å². The van der Waals surface area contributed by atoms with Gasteiger partial charge in [0.1, 0.15) is 0 Å². The monoisotopic (exact) mass is 185 g/mol. The van der Waals surface area contributed by atoms with Gasteiger partial charge in [-0.25, -0.2) is 0 Å². The van der Waals surface area contributed by atoms with Crippen molar-refractivity contribution in [3.8, 4) is 0 Å². The van der Waals surface area contributed by atoms with Crippen LogP contribution >= 0.6 is 0 Å². The van der Waals surface area contributed by atoms with Crippen molar-refractivity contribution < 1.29 is 0 Å². The fourth-order valence-electron chi connectivity index (χ4n) is 1.91. The van der Waals surface area contributed by atoms with Crippen LogP contribution in [0.4, 0.5) is 0 Å². The van der Waals surface area contributed by atoms with Crippen LogP contribution in [0.2, 0.25) is 0 Å². The fraction of sp³-hybridized carbons (Fsp3) is 0.429. The molecule has 0 saturated carbocycles. The van der Waals surface area contributed by atoms with Crippen molar-refractivity contribution in [2.75, 3.05) is 0 Å². The van der Waals surface area contributed by atoms with Crippen molar-refractivity contribution >= 4 is 5.57 Å². The van der Waals surface area contributed by atoms with Gasteiger partial charge in [-0.3, -0.25) is 0 Å². The Labute approximate surface area is 86.7 Å². The summed E-state index contributed by atoms with van der Waals surface area (Å²) >= 11 is 0. The van der Waals surface area contributed by atoms with E-state index in [4.69, 9.17) is 0 Å². The lowest BCUT2D eigenvalue weighted by atomic mass is 9.77. The summed E-state index contributed by atoms with van der Waals surface area (Å²) in [5, 5.41) is 0. The molecule has 0 aromatic heterocycles. The SMILES string of the molecule is CC1(C)CC=C(c2[c]cccc2)CC1. The van der Waals surface area contributed by atoms with Gasteiger partial charge in [-0.2, -0.15) is 0 Å². The lowest BCUT2D eigenvalue weighted by Gasteiger charge is -2.28. The first-order chi connectivity index (χ1) is 6.67. The molecule has 0 fully saturated rings. The van der Waals surface area contributed by atoms with Crippen molar-refractivity contribution in [3.05, 3.63) is 42.0 Å². The molecule has 0 unspecified atom stereocenters. The molecule has 1 aromatic rings.